The lowest BCUT2D eigenvalue weighted by molar-refractivity contribution is 0.278. The molecule has 15 heavy (non-hydrogen) atoms. The van der Waals surface area contributed by atoms with Crippen molar-refractivity contribution in [1.29, 1.82) is 0 Å². The average molecular weight is 203 g/mol. The number of anilines is 1. The molecule has 80 valence electrons. The lowest BCUT2D eigenvalue weighted by Crippen LogP contribution is -2.31. The first-order valence-corrected chi connectivity index (χ1v) is 5.80. The summed E-state index contributed by atoms with van der Waals surface area (Å²) in [5.41, 5.74) is 2.74. The van der Waals surface area contributed by atoms with E-state index in [9.17, 15) is 0 Å². The molecular formula is C13H17NO. The number of hydrogen-bond donors (Lipinski definition) is 1. The summed E-state index contributed by atoms with van der Waals surface area (Å²) in [4.78, 5) is 0. The molecule has 2 heteroatoms. The highest BCUT2D eigenvalue weighted by Gasteiger charge is 2.31. The molecule has 0 aromatic heterocycles. The number of nitrogens with one attached hydrogen (secondary N) is 1. The minimum Gasteiger partial charge on any atom is -0.497 e. The molecule has 1 aromatic carbocycles. The van der Waals surface area contributed by atoms with E-state index in [2.05, 4.69) is 17.4 Å². The summed E-state index contributed by atoms with van der Waals surface area (Å²) in [5, 5.41) is 3.63. The van der Waals surface area contributed by atoms with E-state index in [4.69, 9.17) is 4.74 Å². The molecule has 1 aliphatic carbocycles. The number of hydrogen-bond acceptors (Lipinski definition) is 2. The van der Waals surface area contributed by atoms with Gasteiger partial charge in [-0.3, -0.25) is 0 Å². The third-order valence-corrected chi connectivity index (χ3v) is 3.81. The molecule has 0 radical (unpaired) electrons. The lowest BCUT2D eigenvalue weighted by atomic mass is 9.79. The Morgan fingerprint density at radius 2 is 2.20 bits per heavy atom. The van der Waals surface area contributed by atoms with E-state index in [0.29, 0.717) is 6.04 Å². The minimum atomic E-state index is 0.681. The highest BCUT2D eigenvalue weighted by molar-refractivity contribution is 5.59. The normalized spacial score (nSPS) is 24.2. The van der Waals surface area contributed by atoms with E-state index < -0.39 is 0 Å². The Balaban J connectivity index is 1.80. The van der Waals surface area contributed by atoms with E-state index >= 15 is 0 Å². The van der Waals surface area contributed by atoms with Crippen molar-refractivity contribution >= 4 is 5.69 Å². The Morgan fingerprint density at radius 1 is 1.33 bits per heavy atom. The number of methoxy groups -OCH3 is 1. The first-order valence-electron chi connectivity index (χ1n) is 5.80. The molecule has 1 fully saturated rings. The van der Waals surface area contributed by atoms with Crippen molar-refractivity contribution in [2.45, 2.75) is 31.7 Å². The molecule has 2 aliphatic rings. The van der Waals surface area contributed by atoms with Crippen molar-refractivity contribution in [2.75, 3.05) is 12.4 Å². The lowest BCUT2D eigenvalue weighted by Gasteiger charge is -2.31. The van der Waals surface area contributed by atoms with Gasteiger partial charge in [-0.25, -0.2) is 0 Å². The molecular weight excluding hydrogens is 186 g/mol. The summed E-state index contributed by atoms with van der Waals surface area (Å²) in [6.07, 6.45) is 5.41. The molecule has 0 bridgehead atoms. The average Bonchev–Trinajstić information content (AvgIpc) is 2.56. The van der Waals surface area contributed by atoms with Crippen LogP contribution in [0.5, 0.6) is 5.75 Å². The summed E-state index contributed by atoms with van der Waals surface area (Å²) in [7, 11) is 1.73. The molecule has 1 atom stereocenters. The van der Waals surface area contributed by atoms with Gasteiger partial charge in [-0.2, -0.15) is 0 Å². The molecule has 2 nitrogen and oxygen atoms in total. The Kier molecular flexibility index (Phi) is 2.08. The Labute approximate surface area is 90.6 Å². The van der Waals surface area contributed by atoms with E-state index in [1.807, 2.05) is 6.07 Å². The van der Waals surface area contributed by atoms with Crippen LogP contribution in [0.4, 0.5) is 5.69 Å². The summed E-state index contributed by atoms with van der Waals surface area (Å²) in [6, 6.07) is 7.03. The van der Waals surface area contributed by atoms with Gasteiger partial charge in [0.1, 0.15) is 5.75 Å². The van der Waals surface area contributed by atoms with Crippen molar-refractivity contribution in [3.63, 3.8) is 0 Å². The van der Waals surface area contributed by atoms with Crippen LogP contribution < -0.4 is 10.1 Å². The van der Waals surface area contributed by atoms with Crippen LogP contribution in [0.15, 0.2) is 18.2 Å². The topological polar surface area (TPSA) is 21.3 Å². The van der Waals surface area contributed by atoms with Gasteiger partial charge < -0.3 is 10.1 Å². The Morgan fingerprint density at radius 3 is 2.87 bits per heavy atom. The van der Waals surface area contributed by atoms with E-state index in [0.717, 1.165) is 11.7 Å². The first-order chi connectivity index (χ1) is 7.36. The number of rotatable bonds is 2. The summed E-state index contributed by atoms with van der Waals surface area (Å²) < 4.78 is 5.25. The zero-order valence-corrected chi connectivity index (χ0v) is 9.12. The summed E-state index contributed by atoms with van der Waals surface area (Å²) in [5.74, 6) is 1.88. The second-order valence-electron chi connectivity index (χ2n) is 4.67. The first kappa shape index (κ1) is 9.08. The molecule has 3 rings (SSSR count). The molecule has 1 aliphatic heterocycles. The predicted octanol–water partition coefficient (Wildman–Crippen LogP) is 2.83. The smallest absolute Gasteiger partial charge is 0.119 e. The fourth-order valence-electron chi connectivity index (χ4n) is 2.62. The van der Waals surface area contributed by atoms with Crippen LogP contribution in [0.1, 0.15) is 24.8 Å². The van der Waals surface area contributed by atoms with Gasteiger partial charge in [0.25, 0.3) is 0 Å². The zero-order valence-electron chi connectivity index (χ0n) is 9.12. The summed E-state index contributed by atoms with van der Waals surface area (Å²) in [6.45, 7) is 0. The van der Waals surface area contributed by atoms with Crippen LogP contribution in [-0.4, -0.2) is 13.2 Å². The predicted molar refractivity (Wildman–Crippen MR) is 61.4 cm³/mol. The van der Waals surface area contributed by atoms with E-state index in [1.54, 1.807) is 7.11 Å². The third-order valence-electron chi connectivity index (χ3n) is 3.81. The SMILES string of the molecule is COc1ccc2c(c1)CC(C1CCC1)N2. The maximum absolute atomic E-state index is 5.25. The van der Waals surface area contributed by atoms with Crippen molar-refractivity contribution < 1.29 is 4.74 Å². The van der Waals surface area contributed by atoms with Crippen molar-refractivity contribution in [1.82, 2.24) is 0 Å². The molecule has 1 aromatic rings. The van der Waals surface area contributed by atoms with Gasteiger partial charge in [0.05, 0.1) is 7.11 Å². The number of fused-ring (bicyclic) bond motifs is 1. The quantitative estimate of drug-likeness (QED) is 0.798. The number of ether oxygens (including phenoxy) is 1. The Bertz CT molecular complexity index is 371. The van der Waals surface area contributed by atoms with Crippen LogP contribution in [0.2, 0.25) is 0 Å². The molecule has 0 saturated heterocycles. The van der Waals surface area contributed by atoms with Gasteiger partial charge >= 0.3 is 0 Å². The van der Waals surface area contributed by atoms with Crippen LogP contribution >= 0.6 is 0 Å². The van der Waals surface area contributed by atoms with Crippen molar-refractivity contribution in [3.05, 3.63) is 23.8 Å². The van der Waals surface area contributed by atoms with Crippen molar-refractivity contribution in [3.8, 4) is 5.75 Å². The molecule has 0 spiro atoms. The Hall–Kier alpha value is -1.18. The van der Waals surface area contributed by atoms with Crippen molar-refractivity contribution in [2.24, 2.45) is 5.92 Å². The van der Waals surface area contributed by atoms with Crippen LogP contribution in [0.25, 0.3) is 0 Å². The largest absolute Gasteiger partial charge is 0.497 e. The standard InChI is InChI=1S/C13H17NO/c1-15-11-5-6-12-10(7-11)8-13(14-12)9-3-2-4-9/h5-7,9,13-14H,2-4,8H2,1H3. The molecule has 0 amide bonds. The molecule has 1 heterocycles. The number of benzene rings is 1. The van der Waals surface area contributed by atoms with Crippen LogP contribution in [-0.2, 0) is 6.42 Å². The van der Waals surface area contributed by atoms with Gasteiger partial charge in [0, 0.05) is 11.7 Å². The van der Waals surface area contributed by atoms with Gasteiger partial charge in [0.15, 0.2) is 0 Å². The van der Waals surface area contributed by atoms with Gasteiger partial charge in [0.2, 0.25) is 0 Å². The summed E-state index contributed by atoms with van der Waals surface area (Å²) >= 11 is 0. The van der Waals surface area contributed by atoms with E-state index in [-0.39, 0.29) is 0 Å². The molecule has 1 saturated carbocycles. The zero-order chi connectivity index (χ0) is 10.3. The van der Waals surface area contributed by atoms with Gasteiger partial charge in [-0.05, 0) is 48.9 Å². The fraction of sp³-hybridized carbons (Fsp3) is 0.538. The van der Waals surface area contributed by atoms with Gasteiger partial charge in [-0.1, -0.05) is 6.42 Å². The third kappa shape index (κ3) is 1.48. The highest BCUT2D eigenvalue weighted by atomic mass is 16.5. The van der Waals surface area contributed by atoms with Crippen LogP contribution in [0.3, 0.4) is 0 Å². The highest BCUT2D eigenvalue weighted by Crippen LogP contribution is 2.38. The minimum absolute atomic E-state index is 0.681. The molecule has 1 unspecified atom stereocenters. The monoisotopic (exact) mass is 203 g/mol. The van der Waals surface area contributed by atoms with Crippen LogP contribution in [0, 0.1) is 5.92 Å². The van der Waals surface area contributed by atoms with Gasteiger partial charge in [-0.15, -0.1) is 0 Å². The second-order valence-corrected chi connectivity index (χ2v) is 4.67. The second kappa shape index (κ2) is 3.44. The molecule has 1 N–H and O–H groups in total. The van der Waals surface area contributed by atoms with E-state index in [1.165, 1.54) is 36.9 Å². The maximum atomic E-state index is 5.25. The maximum Gasteiger partial charge on any atom is 0.119 e. The fourth-order valence-corrected chi connectivity index (χ4v) is 2.62.